The highest BCUT2D eigenvalue weighted by Gasteiger charge is 2.33. The lowest BCUT2D eigenvalue weighted by molar-refractivity contribution is 0.244. The highest BCUT2D eigenvalue weighted by Crippen LogP contribution is 2.21. The summed E-state index contributed by atoms with van der Waals surface area (Å²) in [6.45, 7) is 8.57. The zero-order valence-electron chi connectivity index (χ0n) is 12.0. The van der Waals surface area contributed by atoms with Crippen molar-refractivity contribution in [1.29, 1.82) is 0 Å². The Morgan fingerprint density at radius 2 is 1.89 bits per heavy atom. The summed E-state index contributed by atoms with van der Waals surface area (Å²) in [6.07, 6.45) is 1.91. The smallest absolute Gasteiger partial charge is 0.282 e. The van der Waals surface area contributed by atoms with Gasteiger partial charge in [-0.05, 0) is 46.2 Å². The van der Waals surface area contributed by atoms with Crippen molar-refractivity contribution < 1.29 is 8.42 Å². The standard InChI is InChI=1S/C12H27N3O2S/c1-5-15(11(2)3)18(16,17)14-8-6-12(7-9-14)10-13-4/h11-13H,5-10H2,1-4H3. The largest absolute Gasteiger partial charge is 0.319 e. The van der Waals surface area contributed by atoms with Gasteiger partial charge in [-0.3, -0.25) is 0 Å². The molecule has 1 heterocycles. The number of rotatable bonds is 6. The van der Waals surface area contributed by atoms with E-state index >= 15 is 0 Å². The second kappa shape index (κ2) is 6.84. The molecule has 0 saturated carbocycles. The molecular formula is C12H27N3O2S. The van der Waals surface area contributed by atoms with Crippen molar-refractivity contribution in [2.24, 2.45) is 5.92 Å². The molecule has 0 unspecified atom stereocenters. The van der Waals surface area contributed by atoms with Crippen LogP contribution in [0, 0.1) is 5.92 Å². The summed E-state index contributed by atoms with van der Waals surface area (Å²) < 4.78 is 28.1. The first kappa shape index (κ1) is 15.9. The molecule has 5 nitrogen and oxygen atoms in total. The molecule has 1 fully saturated rings. The fourth-order valence-electron chi connectivity index (χ4n) is 2.58. The fraction of sp³-hybridized carbons (Fsp3) is 1.00. The lowest BCUT2D eigenvalue weighted by Crippen LogP contribution is -2.49. The van der Waals surface area contributed by atoms with Crippen LogP contribution in [0.15, 0.2) is 0 Å². The van der Waals surface area contributed by atoms with Gasteiger partial charge in [0.1, 0.15) is 0 Å². The Bertz CT molecular complexity index is 335. The maximum absolute atomic E-state index is 12.5. The monoisotopic (exact) mass is 277 g/mol. The van der Waals surface area contributed by atoms with Crippen LogP contribution < -0.4 is 5.32 Å². The summed E-state index contributed by atoms with van der Waals surface area (Å²) in [5.74, 6) is 0.607. The summed E-state index contributed by atoms with van der Waals surface area (Å²) in [4.78, 5) is 0. The Hall–Kier alpha value is -0.170. The topological polar surface area (TPSA) is 52.7 Å². The van der Waals surface area contributed by atoms with Gasteiger partial charge in [0.2, 0.25) is 0 Å². The molecule has 1 saturated heterocycles. The molecule has 1 aliphatic heterocycles. The molecule has 0 aliphatic carbocycles. The van der Waals surface area contributed by atoms with Crippen LogP contribution in [0.3, 0.4) is 0 Å². The number of nitrogens with zero attached hydrogens (tertiary/aromatic N) is 2. The summed E-state index contributed by atoms with van der Waals surface area (Å²) >= 11 is 0. The summed E-state index contributed by atoms with van der Waals surface area (Å²) in [5, 5.41) is 3.16. The molecule has 1 N–H and O–H groups in total. The predicted molar refractivity (Wildman–Crippen MR) is 74.7 cm³/mol. The van der Waals surface area contributed by atoms with Gasteiger partial charge in [-0.25, -0.2) is 0 Å². The minimum absolute atomic E-state index is 0.0232. The van der Waals surface area contributed by atoms with Gasteiger partial charge in [0.15, 0.2) is 0 Å². The number of hydrogen-bond acceptors (Lipinski definition) is 3. The second-order valence-corrected chi connectivity index (χ2v) is 7.09. The highest BCUT2D eigenvalue weighted by atomic mass is 32.2. The van der Waals surface area contributed by atoms with Crippen LogP contribution in [0.5, 0.6) is 0 Å². The molecule has 6 heteroatoms. The van der Waals surface area contributed by atoms with Crippen molar-refractivity contribution in [3.63, 3.8) is 0 Å². The molecular weight excluding hydrogens is 250 g/mol. The average molecular weight is 277 g/mol. The van der Waals surface area contributed by atoms with E-state index in [1.807, 2.05) is 27.8 Å². The Morgan fingerprint density at radius 3 is 2.28 bits per heavy atom. The Balaban J connectivity index is 2.65. The summed E-state index contributed by atoms with van der Waals surface area (Å²) in [6, 6.07) is 0.0232. The van der Waals surface area contributed by atoms with Gasteiger partial charge in [-0.1, -0.05) is 6.92 Å². The first-order valence-corrected chi connectivity index (χ1v) is 8.24. The summed E-state index contributed by atoms with van der Waals surface area (Å²) in [7, 11) is -1.32. The van der Waals surface area contributed by atoms with Crippen molar-refractivity contribution in [3.05, 3.63) is 0 Å². The number of piperidine rings is 1. The minimum atomic E-state index is -3.27. The first-order valence-electron chi connectivity index (χ1n) is 6.85. The van der Waals surface area contributed by atoms with Crippen LogP contribution in [-0.4, -0.2) is 56.3 Å². The van der Waals surface area contributed by atoms with Crippen LogP contribution in [0.25, 0.3) is 0 Å². The van der Waals surface area contributed by atoms with Crippen molar-refractivity contribution in [2.75, 3.05) is 33.2 Å². The zero-order valence-corrected chi connectivity index (χ0v) is 12.8. The molecule has 0 spiro atoms. The molecule has 0 aromatic rings. The van der Waals surface area contributed by atoms with Crippen LogP contribution in [-0.2, 0) is 10.2 Å². The molecule has 0 radical (unpaired) electrons. The van der Waals surface area contributed by atoms with E-state index in [9.17, 15) is 8.42 Å². The van der Waals surface area contributed by atoms with Crippen molar-refractivity contribution in [1.82, 2.24) is 13.9 Å². The van der Waals surface area contributed by atoms with Crippen molar-refractivity contribution in [2.45, 2.75) is 39.7 Å². The van der Waals surface area contributed by atoms with Crippen LogP contribution >= 0.6 is 0 Å². The maximum atomic E-state index is 12.5. The van der Waals surface area contributed by atoms with E-state index in [1.54, 1.807) is 8.61 Å². The predicted octanol–water partition coefficient (Wildman–Crippen LogP) is 0.893. The van der Waals surface area contributed by atoms with Crippen LogP contribution in [0.1, 0.15) is 33.6 Å². The fourth-order valence-corrected chi connectivity index (χ4v) is 4.40. The minimum Gasteiger partial charge on any atom is -0.319 e. The van der Waals surface area contributed by atoms with E-state index in [2.05, 4.69) is 5.32 Å². The van der Waals surface area contributed by atoms with E-state index in [1.165, 1.54) is 0 Å². The highest BCUT2D eigenvalue weighted by molar-refractivity contribution is 7.86. The average Bonchev–Trinajstić information content (AvgIpc) is 2.30. The van der Waals surface area contributed by atoms with E-state index in [0.29, 0.717) is 25.6 Å². The third-order valence-electron chi connectivity index (χ3n) is 3.58. The number of hydrogen-bond donors (Lipinski definition) is 1. The van der Waals surface area contributed by atoms with Gasteiger partial charge in [-0.2, -0.15) is 17.0 Å². The SMILES string of the molecule is CCN(C(C)C)S(=O)(=O)N1CCC(CNC)CC1. The van der Waals surface area contributed by atoms with Gasteiger partial charge >= 0.3 is 0 Å². The molecule has 0 aromatic carbocycles. The lowest BCUT2D eigenvalue weighted by atomic mass is 9.98. The van der Waals surface area contributed by atoms with Crippen molar-refractivity contribution in [3.8, 4) is 0 Å². The third-order valence-corrected chi connectivity index (χ3v) is 5.87. The molecule has 0 aromatic heterocycles. The molecule has 0 amide bonds. The molecule has 0 bridgehead atoms. The van der Waals surface area contributed by atoms with Crippen LogP contribution in [0.4, 0.5) is 0 Å². The van der Waals surface area contributed by atoms with Gasteiger partial charge < -0.3 is 5.32 Å². The Labute approximate surface area is 112 Å². The van der Waals surface area contributed by atoms with Crippen molar-refractivity contribution >= 4 is 10.2 Å². The van der Waals surface area contributed by atoms with Gasteiger partial charge in [0, 0.05) is 25.7 Å². The maximum Gasteiger partial charge on any atom is 0.282 e. The quantitative estimate of drug-likeness (QED) is 0.784. The summed E-state index contributed by atoms with van der Waals surface area (Å²) in [5.41, 5.74) is 0. The third kappa shape index (κ3) is 3.66. The van der Waals surface area contributed by atoms with E-state index in [4.69, 9.17) is 0 Å². The second-order valence-electron chi connectivity index (χ2n) is 5.20. The van der Waals surface area contributed by atoms with E-state index < -0.39 is 10.2 Å². The van der Waals surface area contributed by atoms with Crippen LogP contribution in [0.2, 0.25) is 0 Å². The molecule has 1 rings (SSSR count). The molecule has 18 heavy (non-hydrogen) atoms. The van der Waals surface area contributed by atoms with Gasteiger partial charge in [0.25, 0.3) is 10.2 Å². The molecule has 0 atom stereocenters. The van der Waals surface area contributed by atoms with E-state index in [-0.39, 0.29) is 6.04 Å². The Morgan fingerprint density at radius 1 is 1.33 bits per heavy atom. The molecule has 1 aliphatic rings. The van der Waals surface area contributed by atoms with E-state index in [0.717, 1.165) is 19.4 Å². The van der Waals surface area contributed by atoms with Gasteiger partial charge in [-0.15, -0.1) is 0 Å². The number of nitrogens with one attached hydrogen (secondary N) is 1. The molecule has 108 valence electrons. The first-order chi connectivity index (χ1) is 8.43. The lowest BCUT2D eigenvalue weighted by Gasteiger charge is -2.36. The van der Waals surface area contributed by atoms with Gasteiger partial charge in [0.05, 0.1) is 0 Å². The normalized spacial score (nSPS) is 19.9. The Kier molecular flexibility index (Phi) is 6.04. The zero-order chi connectivity index (χ0) is 13.8.